The standard InChI is InChI=1S/C16H25Cl2N3/c1-21(2)16(8-4-3-5-9-16)15(20-19)10-12-6-7-13(17)11-14(12)18/h6-7,11,15,20H,3-5,8-10,19H2,1-2H3. The molecule has 0 aliphatic heterocycles. The number of benzene rings is 1. The van der Waals surface area contributed by atoms with E-state index in [1.54, 1.807) is 6.07 Å². The maximum atomic E-state index is 6.33. The van der Waals surface area contributed by atoms with Gasteiger partial charge in [0.05, 0.1) is 0 Å². The predicted molar refractivity (Wildman–Crippen MR) is 90.8 cm³/mol. The van der Waals surface area contributed by atoms with Gasteiger partial charge >= 0.3 is 0 Å². The number of halogens is 2. The molecule has 0 spiro atoms. The Labute approximate surface area is 137 Å². The van der Waals surface area contributed by atoms with Gasteiger partial charge in [0.25, 0.3) is 0 Å². The highest BCUT2D eigenvalue weighted by molar-refractivity contribution is 6.35. The predicted octanol–water partition coefficient (Wildman–Crippen LogP) is 3.63. The highest BCUT2D eigenvalue weighted by atomic mass is 35.5. The minimum absolute atomic E-state index is 0.0932. The van der Waals surface area contributed by atoms with E-state index in [1.165, 1.54) is 32.1 Å². The van der Waals surface area contributed by atoms with Crippen LogP contribution in [0.2, 0.25) is 10.0 Å². The zero-order valence-corrected chi connectivity index (χ0v) is 14.3. The molecule has 0 saturated heterocycles. The van der Waals surface area contributed by atoms with Crippen LogP contribution in [0.15, 0.2) is 18.2 Å². The van der Waals surface area contributed by atoms with Gasteiger partial charge in [0.2, 0.25) is 0 Å². The van der Waals surface area contributed by atoms with Gasteiger partial charge in [-0.2, -0.15) is 0 Å². The Bertz CT molecular complexity index is 471. The molecule has 3 N–H and O–H groups in total. The largest absolute Gasteiger partial charge is 0.302 e. The lowest BCUT2D eigenvalue weighted by molar-refractivity contribution is 0.0569. The summed E-state index contributed by atoms with van der Waals surface area (Å²) in [7, 11) is 4.30. The van der Waals surface area contributed by atoms with Gasteiger partial charge < -0.3 is 4.90 Å². The first kappa shape index (κ1) is 17.0. The summed E-state index contributed by atoms with van der Waals surface area (Å²) >= 11 is 12.3. The fourth-order valence-electron chi connectivity index (χ4n) is 3.58. The van der Waals surface area contributed by atoms with Crippen LogP contribution in [0.1, 0.15) is 37.7 Å². The van der Waals surface area contributed by atoms with E-state index in [-0.39, 0.29) is 11.6 Å². The summed E-state index contributed by atoms with van der Waals surface area (Å²) < 4.78 is 0. The normalized spacial score (nSPS) is 19.7. The van der Waals surface area contributed by atoms with Gasteiger partial charge in [-0.25, -0.2) is 0 Å². The molecule has 1 atom stereocenters. The van der Waals surface area contributed by atoms with Crippen molar-refractivity contribution >= 4 is 23.2 Å². The van der Waals surface area contributed by atoms with Gasteiger partial charge in [-0.1, -0.05) is 48.5 Å². The molecule has 1 aliphatic rings. The van der Waals surface area contributed by atoms with Crippen molar-refractivity contribution in [3.05, 3.63) is 33.8 Å². The molecular formula is C16H25Cl2N3. The Kier molecular flexibility index (Phi) is 5.92. The molecule has 5 heteroatoms. The van der Waals surface area contributed by atoms with E-state index >= 15 is 0 Å². The van der Waals surface area contributed by atoms with E-state index in [0.29, 0.717) is 10.0 Å². The Balaban J connectivity index is 2.24. The van der Waals surface area contributed by atoms with Crippen molar-refractivity contribution in [1.29, 1.82) is 0 Å². The average molecular weight is 330 g/mol. The third-order valence-electron chi connectivity index (χ3n) is 4.90. The van der Waals surface area contributed by atoms with Crippen LogP contribution in [0.25, 0.3) is 0 Å². The molecular weight excluding hydrogens is 305 g/mol. The van der Waals surface area contributed by atoms with Gasteiger partial charge in [0.1, 0.15) is 0 Å². The molecule has 1 aromatic rings. The Morgan fingerprint density at radius 1 is 1.24 bits per heavy atom. The maximum Gasteiger partial charge on any atom is 0.0453 e. The second kappa shape index (κ2) is 7.30. The highest BCUT2D eigenvalue weighted by Crippen LogP contribution is 2.37. The number of nitrogens with zero attached hydrogens (tertiary/aromatic N) is 1. The van der Waals surface area contributed by atoms with E-state index in [4.69, 9.17) is 29.0 Å². The summed E-state index contributed by atoms with van der Waals surface area (Å²) in [4.78, 5) is 2.33. The number of likely N-dealkylation sites (N-methyl/N-ethyl adjacent to an activating group) is 1. The van der Waals surface area contributed by atoms with E-state index in [2.05, 4.69) is 24.4 Å². The third kappa shape index (κ3) is 3.72. The number of hydrazine groups is 1. The molecule has 1 aromatic carbocycles. The summed E-state index contributed by atoms with van der Waals surface area (Å²) in [6.45, 7) is 0. The van der Waals surface area contributed by atoms with Crippen LogP contribution in [0.4, 0.5) is 0 Å². The average Bonchev–Trinajstić information content (AvgIpc) is 2.47. The van der Waals surface area contributed by atoms with Gasteiger partial charge in [0, 0.05) is 21.6 Å². The van der Waals surface area contributed by atoms with Gasteiger partial charge in [-0.05, 0) is 51.1 Å². The second-order valence-corrected chi connectivity index (χ2v) is 7.06. The molecule has 0 amide bonds. The molecule has 0 heterocycles. The van der Waals surface area contributed by atoms with Crippen LogP contribution in [0, 0.1) is 0 Å². The minimum atomic E-state index is 0.0932. The van der Waals surface area contributed by atoms with E-state index in [0.717, 1.165) is 12.0 Å². The summed E-state index contributed by atoms with van der Waals surface area (Å²) in [5.74, 6) is 5.91. The molecule has 21 heavy (non-hydrogen) atoms. The quantitative estimate of drug-likeness (QED) is 0.640. The molecule has 1 saturated carbocycles. The van der Waals surface area contributed by atoms with Crippen molar-refractivity contribution in [3.8, 4) is 0 Å². The van der Waals surface area contributed by atoms with Crippen LogP contribution in [-0.2, 0) is 6.42 Å². The Morgan fingerprint density at radius 2 is 1.90 bits per heavy atom. The number of rotatable bonds is 5. The molecule has 1 fully saturated rings. The van der Waals surface area contributed by atoms with Crippen molar-refractivity contribution in [2.45, 2.75) is 50.1 Å². The molecule has 3 nitrogen and oxygen atoms in total. The number of nitrogens with one attached hydrogen (secondary N) is 1. The maximum absolute atomic E-state index is 6.33. The Hall–Kier alpha value is -0.320. The lowest BCUT2D eigenvalue weighted by Gasteiger charge is -2.48. The number of nitrogens with two attached hydrogens (primary N) is 1. The minimum Gasteiger partial charge on any atom is -0.302 e. The van der Waals surface area contributed by atoms with Gasteiger partial charge in [-0.3, -0.25) is 11.3 Å². The molecule has 118 valence electrons. The third-order valence-corrected chi connectivity index (χ3v) is 5.49. The molecule has 2 rings (SSSR count). The summed E-state index contributed by atoms with van der Waals surface area (Å²) in [5, 5.41) is 1.38. The number of hydrogen-bond donors (Lipinski definition) is 2. The van der Waals surface area contributed by atoms with Gasteiger partial charge in [-0.15, -0.1) is 0 Å². The smallest absolute Gasteiger partial charge is 0.0453 e. The van der Waals surface area contributed by atoms with E-state index < -0.39 is 0 Å². The van der Waals surface area contributed by atoms with Crippen LogP contribution in [0.3, 0.4) is 0 Å². The first-order valence-corrected chi connectivity index (χ1v) is 8.32. The monoisotopic (exact) mass is 329 g/mol. The zero-order chi connectivity index (χ0) is 15.5. The van der Waals surface area contributed by atoms with Crippen molar-refractivity contribution in [1.82, 2.24) is 10.3 Å². The fraction of sp³-hybridized carbons (Fsp3) is 0.625. The lowest BCUT2D eigenvalue weighted by Crippen LogP contribution is -2.62. The number of hydrogen-bond acceptors (Lipinski definition) is 3. The summed E-state index contributed by atoms with van der Waals surface area (Å²) in [6, 6.07) is 5.86. The SMILES string of the molecule is CN(C)C1(C(Cc2ccc(Cl)cc2Cl)NN)CCCCC1. The topological polar surface area (TPSA) is 41.3 Å². The van der Waals surface area contributed by atoms with Crippen LogP contribution in [-0.4, -0.2) is 30.6 Å². The fourth-order valence-corrected chi connectivity index (χ4v) is 4.07. The molecule has 0 bridgehead atoms. The van der Waals surface area contributed by atoms with Crippen molar-refractivity contribution in [2.24, 2.45) is 5.84 Å². The summed E-state index contributed by atoms with van der Waals surface area (Å²) in [6.07, 6.45) is 6.97. The van der Waals surface area contributed by atoms with Crippen molar-refractivity contribution < 1.29 is 0 Å². The highest BCUT2D eigenvalue weighted by Gasteiger charge is 2.41. The zero-order valence-electron chi connectivity index (χ0n) is 12.8. The first-order valence-electron chi connectivity index (χ1n) is 7.57. The Morgan fingerprint density at radius 3 is 2.43 bits per heavy atom. The summed E-state index contributed by atoms with van der Waals surface area (Å²) in [5.41, 5.74) is 4.24. The van der Waals surface area contributed by atoms with E-state index in [1.807, 2.05) is 12.1 Å². The van der Waals surface area contributed by atoms with Gasteiger partial charge in [0.15, 0.2) is 0 Å². The van der Waals surface area contributed by atoms with Crippen LogP contribution >= 0.6 is 23.2 Å². The molecule has 1 aliphatic carbocycles. The van der Waals surface area contributed by atoms with Crippen molar-refractivity contribution in [2.75, 3.05) is 14.1 Å². The lowest BCUT2D eigenvalue weighted by atomic mass is 9.73. The molecule has 0 radical (unpaired) electrons. The molecule has 0 aromatic heterocycles. The molecule has 1 unspecified atom stereocenters. The van der Waals surface area contributed by atoms with Crippen molar-refractivity contribution in [3.63, 3.8) is 0 Å². The van der Waals surface area contributed by atoms with Crippen LogP contribution < -0.4 is 11.3 Å². The van der Waals surface area contributed by atoms with Crippen LogP contribution in [0.5, 0.6) is 0 Å². The first-order chi connectivity index (χ1) is 9.99. The van der Waals surface area contributed by atoms with E-state index in [9.17, 15) is 0 Å². The second-order valence-electron chi connectivity index (χ2n) is 6.22.